The maximum Gasteiger partial charge on any atom is 0.0121 e. The molecule has 1 N–H and O–H groups in total. The van der Waals surface area contributed by atoms with Crippen LogP contribution in [0.4, 0.5) is 0 Å². The molecule has 0 spiro atoms. The molecule has 1 atom stereocenters. The Morgan fingerprint density at radius 3 is 2.24 bits per heavy atom. The minimum atomic E-state index is 0.473. The van der Waals surface area contributed by atoms with Gasteiger partial charge in [-0.15, -0.1) is 0 Å². The Hall–Kier alpha value is -0.0400. The highest BCUT2D eigenvalue weighted by atomic mass is 14.9. The lowest BCUT2D eigenvalue weighted by Crippen LogP contribution is -2.43. The second-order valence-electron chi connectivity index (χ2n) is 7.47. The van der Waals surface area contributed by atoms with Gasteiger partial charge in [0, 0.05) is 6.04 Å². The minimum absolute atomic E-state index is 0.473. The molecule has 0 aromatic heterocycles. The fourth-order valence-electron chi connectivity index (χ4n) is 3.12. The van der Waals surface area contributed by atoms with Crippen LogP contribution in [0.25, 0.3) is 0 Å². The standard InChI is InChI=1S/C16H33N/c1-6-13-17-14(9-12-15(2,3)4)16(5)10-7-8-11-16/h14,17H,6-13H2,1-5H3. The van der Waals surface area contributed by atoms with E-state index in [4.69, 9.17) is 0 Å². The molecule has 1 fully saturated rings. The average molecular weight is 239 g/mol. The predicted octanol–water partition coefficient (Wildman–Crippen LogP) is 4.76. The van der Waals surface area contributed by atoms with E-state index in [2.05, 4.69) is 39.9 Å². The first-order chi connectivity index (χ1) is 7.87. The number of rotatable bonds is 6. The van der Waals surface area contributed by atoms with E-state index in [0.717, 1.165) is 6.04 Å². The molecule has 102 valence electrons. The van der Waals surface area contributed by atoms with Gasteiger partial charge in [0.05, 0.1) is 0 Å². The first kappa shape index (κ1) is 15.0. The van der Waals surface area contributed by atoms with Crippen LogP contribution in [0.2, 0.25) is 0 Å². The molecule has 1 aliphatic rings. The zero-order valence-corrected chi connectivity index (χ0v) is 12.7. The van der Waals surface area contributed by atoms with Crippen LogP contribution < -0.4 is 5.32 Å². The summed E-state index contributed by atoms with van der Waals surface area (Å²) in [5.41, 5.74) is 1.04. The van der Waals surface area contributed by atoms with E-state index in [1.165, 1.54) is 51.5 Å². The zero-order chi connectivity index (χ0) is 12.9. The maximum atomic E-state index is 3.82. The highest BCUT2D eigenvalue weighted by molar-refractivity contribution is 4.92. The highest BCUT2D eigenvalue weighted by Gasteiger charge is 2.36. The first-order valence-corrected chi connectivity index (χ1v) is 7.61. The summed E-state index contributed by atoms with van der Waals surface area (Å²) in [4.78, 5) is 0. The molecule has 1 nitrogen and oxygen atoms in total. The minimum Gasteiger partial charge on any atom is -0.313 e. The van der Waals surface area contributed by atoms with Crippen molar-refractivity contribution in [2.24, 2.45) is 10.8 Å². The van der Waals surface area contributed by atoms with Gasteiger partial charge in [0.2, 0.25) is 0 Å². The predicted molar refractivity (Wildman–Crippen MR) is 77.3 cm³/mol. The molecular formula is C16H33N. The summed E-state index contributed by atoms with van der Waals surface area (Å²) in [5.74, 6) is 0. The molecule has 1 aliphatic carbocycles. The number of hydrogen-bond donors (Lipinski definition) is 1. The monoisotopic (exact) mass is 239 g/mol. The summed E-state index contributed by atoms with van der Waals surface area (Å²) in [5, 5.41) is 3.82. The zero-order valence-electron chi connectivity index (χ0n) is 12.7. The van der Waals surface area contributed by atoms with E-state index < -0.39 is 0 Å². The van der Waals surface area contributed by atoms with Gasteiger partial charge in [-0.25, -0.2) is 0 Å². The molecule has 0 heterocycles. The Morgan fingerprint density at radius 2 is 1.76 bits per heavy atom. The normalized spacial score (nSPS) is 21.7. The molecule has 0 saturated heterocycles. The van der Waals surface area contributed by atoms with Crippen molar-refractivity contribution in [1.29, 1.82) is 0 Å². The van der Waals surface area contributed by atoms with E-state index >= 15 is 0 Å². The molecule has 1 heteroatoms. The lowest BCUT2D eigenvalue weighted by Gasteiger charge is -2.36. The van der Waals surface area contributed by atoms with Crippen molar-refractivity contribution >= 4 is 0 Å². The van der Waals surface area contributed by atoms with Crippen LogP contribution in [0.3, 0.4) is 0 Å². The lowest BCUT2D eigenvalue weighted by molar-refractivity contribution is 0.189. The molecule has 1 rings (SSSR count). The molecule has 0 aromatic carbocycles. The third-order valence-corrected chi connectivity index (χ3v) is 4.41. The number of hydrogen-bond acceptors (Lipinski definition) is 1. The van der Waals surface area contributed by atoms with Crippen molar-refractivity contribution in [2.75, 3.05) is 6.54 Å². The van der Waals surface area contributed by atoms with Gasteiger partial charge >= 0.3 is 0 Å². The third-order valence-electron chi connectivity index (χ3n) is 4.41. The Bertz CT molecular complexity index is 208. The molecule has 1 saturated carbocycles. The molecule has 17 heavy (non-hydrogen) atoms. The van der Waals surface area contributed by atoms with Crippen molar-refractivity contribution in [3.8, 4) is 0 Å². The van der Waals surface area contributed by atoms with Crippen LogP contribution in [0, 0.1) is 10.8 Å². The molecule has 0 aromatic rings. The van der Waals surface area contributed by atoms with Gasteiger partial charge in [0.25, 0.3) is 0 Å². The Balaban J connectivity index is 2.53. The van der Waals surface area contributed by atoms with E-state index in [-0.39, 0.29) is 0 Å². The van der Waals surface area contributed by atoms with Gasteiger partial charge < -0.3 is 5.32 Å². The summed E-state index contributed by atoms with van der Waals surface area (Å²) in [6.07, 6.45) is 9.68. The largest absolute Gasteiger partial charge is 0.313 e. The third kappa shape index (κ3) is 4.99. The first-order valence-electron chi connectivity index (χ1n) is 7.61. The van der Waals surface area contributed by atoms with Crippen molar-refractivity contribution in [1.82, 2.24) is 5.32 Å². The second kappa shape index (κ2) is 6.22. The number of nitrogens with one attached hydrogen (secondary N) is 1. The molecule has 1 unspecified atom stereocenters. The van der Waals surface area contributed by atoms with Crippen LogP contribution in [0.15, 0.2) is 0 Å². The van der Waals surface area contributed by atoms with Gasteiger partial charge in [-0.05, 0) is 49.5 Å². The van der Waals surface area contributed by atoms with Crippen molar-refractivity contribution in [3.05, 3.63) is 0 Å². The van der Waals surface area contributed by atoms with Gasteiger partial charge in [-0.1, -0.05) is 47.5 Å². The molecule has 0 bridgehead atoms. The summed E-state index contributed by atoms with van der Waals surface area (Å²) >= 11 is 0. The fourth-order valence-corrected chi connectivity index (χ4v) is 3.12. The Labute approximate surface area is 109 Å². The van der Waals surface area contributed by atoms with Crippen molar-refractivity contribution in [2.45, 2.75) is 85.6 Å². The van der Waals surface area contributed by atoms with Gasteiger partial charge in [0.1, 0.15) is 0 Å². The van der Waals surface area contributed by atoms with E-state index in [1.807, 2.05) is 0 Å². The van der Waals surface area contributed by atoms with Gasteiger partial charge in [-0.3, -0.25) is 0 Å². The highest BCUT2D eigenvalue weighted by Crippen LogP contribution is 2.42. The Morgan fingerprint density at radius 1 is 1.18 bits per heavy atom. The van der Waals surface area contributed by atoms with Crippen LogP contribution in [0.1, 0.15) is 79.6 Å². The SMILES string of the molecule is CCCNC(CCC(C)(C)C)C1(C)CCCC1. The summed E-state index contributed by atoms with van der Waals surface area (Å²) < 4.78 is 0. The Kier molecular flexibility index (Phi) is 5.50. The topological polar surface area (TPSA) is 12.0 Å². The van der Waals surface area contributed by atoms with Crippen LogP contribution in [-0.2, 0) is 0 Å². The van der Waals surface area contributed by atoms with Crippen LogP contribution in [-0.4, -0.2) is 12.6 Å². The van der Waals surface area contributed by atoms with Crippen molar-refractivity contribution in [3.63, 3.8) is 0 Å². The summed E-state index contributed by atoms with van der Waals surface area (Å²) in [7, 11) is 0. The van der Waals surface area contributed by atoms with Gasteiger partial charge in [-0.2, -0.15) is 0 Å². The second-order valence-corrected chi connectivity index (χ2v) is 7.47. The maximum absolute atomic E-state index is 3.82. The lowest BCUT2D eigenvalue weighted by atomic mass is 9.76. The molecule has 0 amide bonds. The van der Waals surface area contributed by atoms with Crippen molar-refractivity contribution < 1.29 is 0 Å². The van der Waals surface area contributed by atoms with E-state index in [1.54, 1.807) is 0 Å². The summed E-state index contributed by atoms with van der Waals surface area (Å²) in [6.45, 7) is 13.0. The molecule has 0 aliphatic heterocycles. The van der Waals surface area contributed by atoms with E-state index in [9.17, 15) is 0 Å². The van der Waals surface area contributed by atoms with Crippen LogP contribution >= 0.6 is 0 Å². The molecular weight excluding hydrogens is 206 g/mol. The fraction of sp³-hybridized carbons (Fsp3) is 1.00. The average Bonchev–Trinajstić information content (AvgIpc) is 2.64. The summed E-state index contributed by atoms with van der Waals surface area (Å²) in [6, 6.07) is 0.740. The quantitative estimate of drug-likeness (QED) is 0.704. The smallest absolute Gasteiger partial charge is 0.0121 e. The van der Waals surface area contributed by atoms with Crippen LogP contribution in [0.5, 0.6) is 0 Å². The van der Waals surface area contributed by atoms with E-state index in [0.29, 0.717) is 10.8 Å². The molecule has 0 radical (unpaired) electrons. The van der Waals surface area contributed by atoms with Gasteiger partial charge in [0.15, 0.2) is 0 Å².